The molecule has 1 unspecified atom stereocenters. The quantitative estimate of drug-likeness (QED) is 0.456. The predicted octanol–water partition coefficient (Wildman–Crippen LogP) is -1.25. The van der Waals surface area contributed by atoms with Gasteiger partial charge in [0.2, 0.25) is 11.8 Å². The van der Waals surface area contributed by atoms with Crippen molar-refractivity contribution < 1.29 is 9.59 Å². The van der Waals surface area contributed by atoms with Crippen LogP contribution >= 0.6 is 0 Å². The first-order chi connectivity index (χ1) is 4.18. The van der Waals surface area contributed by atoms with Crippen LogP contribution in [0.1, 0.15) is 12.8 Å². The van der Waals surface area contributed by atoms with E-state index in [0.717, 1.165) is 0 Å². The Morgan fingerprint density at radius 1 is 1.89 bits per heavy atom. The largest absolute Gasteiger partial charge is 0.370 e. The fourth-order valence-electron chi connectivity index (χ4n) is 0.796. The van der Waals surface area contributed by atoms with Crippen molar-refractivity contribution >= 4 is 11.8 Å². The highest BCUT2D eigenvalue weighted by molar-refractivity contribution is 5.85. The van der Waals surface area contributed by atoms with Crippen molar-refractivity contribution in [3.63, 3.8) is 0 Å². The van der Waals surface area contributed by atoms with Crippen LogP contribution in [0.15, 0.2) is 0 Å². The van der Waals surface area contributed by atoms with Crippen molar-refractivity contribution in [2.24, 2.45) is 5.73 Å². The number of β-lactam (4-membered cyclic amide) rings is 1. The van der Waals surface area contributed by atoms with Crippen molar-refractivity contribution in [2.75, 3.05) is 0 Å². The molecule has 0 saturated carbocycles. The van der Waals surface area contributed by atoms with E-state index in [2.05, 4.69) is 5.32 Å². The highest BCUT2D eigenvalue weighted by Gasteiger charge is 2.25. The van der Waals surface area contributed by atoms with Crippen LogP contribution in [0.5, 0.6) is 0 Å². The number of hydrogen-bond acceptors (Lipinski definition) is 2. The Hall–Kier alpha value is -1.06. The summed E-state index contributed by atoms with van der Waals surface area (Å²) in [4.78, 5) is 20.4. The van der Waals surface area contributed by atoms with E-state index in [0.29, 0.717) is 6.42 Å². The summed E-state index contributed by atoms with van der Waals surface area (Å²) in [7, 11) is 0. The summed E-state index contributed by atoms with van der Waals surface area (Å²) in [5.74, 6) is -0.360. The van der Waals surface area contributed by atoms with Crippen molar-refractivity contribution in [1.29, 1.82) is 0 Å². The van der Waals surface area contributed by atoms with Gasteiger partial charge in [-0.3, -0.25) is 9.59 Å². The molecule has 9 heavy (non-hydrogen) atoms. The van der Waals surface area contributed by atoms with Crippen LogP contribution < -0.4 is 11.1 Å². The van der Waals surface area contributed by atoms with Gasteiger partial charge in [0.05, 0.1) is 0 Å². The van der Waals surface area contributed by atoms with Gasteiger partial charge in [-0.2, -0.15) is 0 Å². The fourth-order valence-corrected chi connectivity index (χ4v) is 0.796. The number of nitrogens with two attached hydrogens (primary N) is 1. The van der Waals surface area contributed by atoms with E-state index < -0.39 is 0 Å². The molecule has 1 aliphatic rings. The third-order valence-corrected chi connectivity index (χ3v) is 1.24. The van der Waals surface area contributed by atoms with Crippen molar-refractivity contribution in [3.05, 3.63) is 0 Å². The van der Waals surface area contributed by atoms with Gasteiger partial charge in [0.25, 0.3) is 0 Å². The summed E-state index contributed by atoms with van der Waals surface area (Å²) in [6.07, 6.45) is 0.717. The molecule has 1 rings (SSSR count). The average molecular weight is 128 g/mol. The van der Waals surface area contributed by atoms with Crippen LogP contribution in [0.2, 0.25) is 0 Å². The summed E-state index contributed by atoms with van der Waals surface area (Å²) in [6.45, 7) is 0. The predicted molar refractivity (Wildman–Crippen MR) is 30.4 cm³/mol. The Morgan fingerprint density at radius 2 is 2.44 bits per heavy atom. The molecular formula is C5H8N2O2. The molecule has 0 aromatic rings. The number of carbonyl (C=O) groups is 2. The molecule has 0 aromatic heterocycles. The van der Waals surface area contributed by atoms with E-state index in [-0.39, 0.29) is 24.3 Å². The Balaban J connectivity index is 2.18. The minimum absolute atomic E-state index is 0.00116. The lowest BCUT2D eigenvalue weighted by atomic mass is 10.0. The molecule has 0 spiro atoms. The summed E-state index contributed by atoms with van der Waals surface area (Å²) in [6, 6.07) is 0.00926. The lowest BCUT2D eigenvalue weighted by Gasteiger charge is -2.25. The molecule has 0 aliphatic carbocycles. The molecule has 50 valence electrons. The molecule has 2 amide bonds. The second-order valence-electron chi connectivity index (χ2n) is 2.14. The fraction of sp³-hybridized carbons (Fsp3) is 0.600. The van der Waals surface area contributed by atoms with Crippen LogP contribution in [0, 0.1) is 0 Å². The van der Waals surface area contributed by atoms with Crippen LogP contribution in [-0.2, 0) is 9.59 Å². The standard InChI is InChI=1S/C5H8N2O2/c6-4(8)1-3-2-5(9)7-3/h3H,1-2H2,(H2,6,8)(H,7,9). The third-order valence-electron chi connectivity index (χ3n) is 1.24. The lowest BCUT2D eigenvalue weighted by Crippen LogP contribution is -2.50. The third kappa shape index (κ3) is 1.42. The number of nitrogens with one attached hydrogen (secondary N) is 1. The SMILES string of the molecule is NC(=O)CC1CC(=O)N1. The molecule has 0 aromatic carbocycles. The van der Waals surface area contributed by atoms with E-state index in [1.54, 1.807) is 0 Å². The Bertz CT molecular complexity index is 147. The number of hydrogen-bond donors (Lipinski definition) is 2. The van der Waals surface area contributed by atoms with Crippen molar-refractivity contribution in [1.82, 2.24) is 5.32 Å². The van der Waals surface area contributed by atoms with Crippen LogP contribution in [0.3, 0.4) is 0 Å². The average Bonchev–Trinajstić information content (AvgIpc) is 1.60. The second-order valence-corrected chi connectivity index (χ2v) is 2.14. The zero-order valence-corrected chi connectivity index (χ0v) is 4.89. The molecule has 0 radical (unpaired) electrons. The topological polar surface area (TPSA) is 72.2 Å². The molecule has 1 heterocycles. The smallest absolute Gasteiger partial charge is 0.222 e. The molecule has 4 nitrogen and oxygen atoms in total. The van der Waals surface area contributed by atoms with Gasteiger partial charge in [0, 0.05) is 18.9 Å². The highest BCUT2D eigenvalue weighted by Crippen LogP contribution is 2.06. The van der Waals surface area contributed by atoms with E-state index >= 15 is 0 Å². The monoisotopic (exact) mass is 128 g/mol. The first kappa shape index (κ1) is 6.07. The number of primary amides is 1. The molecule has 1 aliphatic heterocycles. The number of rotatable bonds is 2. The summed E-state index contributed by atoms with van der Waals surface area (Å²) >= 11 is 0. The van der Waals surface area contributed by atoms with Gasteiger partial charge in [-0.25, -0.2) is 0 Å². The maximum absolute atomic E-state index is 10.2. The number of amides is 2. The lowest BCUT2D eigenvalue weighted by molar-refractivity contribution is -0.129. The molecule has 0 bridgehead atoms. The summed E-state index contributed by atoms with van der Waals surface area (Å²) in [5.41, 5.74) is 4.86. The van der Waals surface area contributed by atoms with Gasteiger partial charge in [-0.1, -0.05) is 0 Å². The minimum atomic E-state index is -0.361. The van der Waals surface area contributed by atoms with Gasteiger partial charge in [0.1, 0.15) is 0 Å². The minimum Gasteiger partial charge on any atom is -0.370 e. The maximum Gasteiger partial charge on any atom is 0.222 e. The summed E-state index contributed by atoms with van der Waals surface area (Å²) in [5, 5.41) is 2.53. The van der Waals surface area contributed by atoms with Gasteiger partial charge in [-0.05, 0) is 0 Å². The zero-order chi connectivity index (χ0) is 6.85. The van der Waals surface area contributed by atoms with Gasteiger partial charge in [0.15, 0.2) is 0 Å². The highest BCUT2D eigenvalue weighted by atomic mass is 16.2. The first-order valence-corrected chi connectivity index (χ1v) is 2.76. The molecule has 4 heteroatoms. The molecule has 1 fully saturated rings. The first-order valence-electron chi connectivity index (χ1n) is 2.76. The van der Waals surface area contributed by atoms with Crippen LogP contribution in [-0.4, -0.2) is 17.9 Å². The van der Waals surface area contributed by atoms with E-state index in [4.69, 9.17) is 5.73 Å². The zero-order valence-electron chi connectivity index (χ0n) is 4.89. The van der Waals surface area contributed by atoms with E-state index in [9.17, 15) is 9.59 Å². The Kier molecular flexibility index (Phi) is 1.38. The number of carbonyl (C=O) groups excluding carboxylic acids is 2. The summed E-state index contributed by atoms with van der Waals surface area (Å²) < 4.78 is 0. The second kappa shape index (κ2) is 2.05. The van der Waals surface area contributed by atoms with E-state index in [1.807, 2.05) is 0 Å². The molecular weight excluding hydrogens is 120 g/mol. The van der Waals surface area contributed by atoms with Gasteiger partial charge >= 0.3 is 0 Å². The normalized spacial score (nSPS) is 24.4. The van der Waals surface area contributed by atoms with Gasteiger partial charge in [-0.15, -0.1) is 0 Å². The van der Waals surface area contributed by atoms with Crippen molar-refractivity contribution in [3.8, 4) is 0 Å². The Labute approximate surface area is 52.4 Å². The molecule has 1 atom stereocenters. The maximum atomic E-state index is 10.2. The van der Waals surface area contributed by atoms with Crippen LogP contribution in [0.4, 0.5) is 0 Å². The van der Waals surface area contributed by atoms with E-state index in [1.165, 1.54) is 0 Å². The van der Waals surface area contributed by atoms with Crippen LogP contribution in [0.25, 0.3) is 0 Å². The van der Waals surface area contributed by atoms with Crippen molar-refractivity contribution in [2.45, 2.75) is 18.9 Å². The molecule has 3 N–H and O–H groups in total. The molecule has 1 saturated heterocycles. The van der Waals surface area contributed by atoms with Gasteiger partial charge < -0.3 is 11.1 Å². The Morgan fingerprint density at radius 3 is 2.78 bits per heavy atom.